The lowest BCUT2D eigenvalue weighted by atomic mass is 10.0. The molecule has 0 fully saturated rings. The second-order valence-electron chi connectivity index (χ2n) is 3.36. The van der Waals surface area contributed by atoms with Gasteiger partial charge in [-0.05, 0) is 12.8 Å². The number of ketones is 1. The summed E-state index contributed by atoms with van der Waals surface area (Å²) < 4.78 is 0. The van der Waals surface area contributed by atoms with Crippen molar-refractivity contribution in [3.63, 3.8) is 0 Å². The van der Waals surface area contributed by atoms with Crippen LogP contribution in [0.4, 0.5) is 0 Å². The van der Waals surface area contributed by atoms with Crippen molar-refractivity contribution in [3.05, 3.63) is 36.0 Å². The minimum atomic E-state index is -0.0537. The zero-order valence-electron chi connectivity index (χ0n) is 9.01. The standard InChI is InChI=1S/C12H17ClO/c1-5-11(12(14)8-13)7-6-10(4)9(2)3/h5-7,9H,4,8H2,1-3H3/b7-6-,11-5+. The Morgan fingerprint density at radius 1 is 1.43 bits per heavy atom. The third-order valence-corrected chi connectivity index (χ3v) is 2.22. The van der Waals surface area contributed by atoms with Crippen LogP contribution in [0.25, 0.3) is 0 Å². The second kappa shape index (κ2) is 6.61. The van der Waals surface area contributed by atoms with E-state index in [-0.39, 0.29) is 11.7 Å². The lowest BCUT2D eigenvalue weighted by Crippen LogP contribution is -2.01. The van der Waals surface area contributed by atoms with Crippen LogP contribution in [0.2, 0.25) is 0 Å². The summed E-state index contributed by atoms with van der Waals surface area (Å²) in [5.41, 5.74) is 1.65. The molecule has 0 aliphatic rings. The van der Waals surface area contributed by atoms with Gasteiger partial charge in [-0.2, -0.15) is 0 Å². The Morgan fingerprint density at radius 3 is 2.36 bits per heavy atom. The number of allylic oxidation sites excluding steroid dienone is 5. The van der Waals surface area contributed by atoms with Gasteiger partial charge in [0.05, 0.1) is 5.88 Å². The molecule has 1 nitrogen and oxygen atoms in total. The lowest BCUT2D eigenvalue weighted by Gasteiger charge is -2.03. The molecule has 0 saturated carbocycles. The molecule has 0 N–H and O–H groups in total. The Morgan fingerprint density at radius 2 is 2.00 bits per heavy atom. The van der Waals surface area contributed by atoms with Crippen LogP contribution in [0.3, 0.4) is 0 Å². The topological polar surface area (TPSA) is 17.1 Å². The molecule has 0 atom stereocenters. The van der Waals surface area contributed by atoms with E-state index in [2.05, 4.69) is 20.4 Å². The van der Waals surface area contributed by atoms with Gasteiger partial charge in [-0.3, -0.25) is 4.79 Å². The molecule has 0 bridgehead atoms. The van der Waals surface area contributed by atoms with Gasteiger partial charge < -0.3 is 0 Å². The molecule has 0 amide bonds. The third-order valence-electron chi connectivity index (χ3n) is 1.97. The normalized spacial score (nSPS) is 12.5. The van der Waals surface area contributed by atoms with Gasteiger partial charge in [-0.1, -0.05) is 44.2 Å². The molecule has 78 valence electrons. The van der Waals surface area contributed by atoms with E-state index in [0.29, 0.717) is 11.5 Å². The zero-order chi connectivity index (χ0) is 11.1. The molecule has 0 heterocycles. The maximum atomic E-state index is 11.2. The first-order chi connectivity index (χ1) is 6.52. The first-order valence-corrected chi connectivity index (χ1v) is 5.18. The molecule has 0 saturated heterocycles. The van der Waals surface area contributed by atoms with Crippen molar-refractivity contribution in [2.75, 3.05) is 5.88 Å². The van der Waals surface area contributed by atoms with Gasteiger partial charge in [-0.25, -0.2) is 0 Å². The van der Waals surface area contributed by atoms with Gasteiger partial charge in [0, 0.05) is 5.57 Å². The summed E-state index contributed by atoms with van der Waals surface area (Å²) >= 11 is 5.46. The van der Waals surface area contributed by atoms with Gasteiger partial charge in [-0.15, -0.1) is 11.6 Å². The minimum Gasteiger partial charge on any atom is -0.293 e. The first kappa shape index (κ1) is 13.2. The van der Waals surface area contributed by atoms with Crippen LogP contribution in [0.1, 0.15) is 20.8 Å². The average molecular weight is 213 g/mol. The van der Waals surface area contributed by atoms with Crippen molar-refractivity contribution in [2.24, 2.45) is 5.92 Å². The third kappa shape index (κ3) is 4.43. The molecule has 0 aromatic carbocycles. The number of Topliss-reactive ketones (excluding diaryl/α,β-unsaturated/α-hetero) is 1. The number of carbonyl (C=O) groups is 1. The highest BCUT2D eigenvalue weighted by Gasteiger charge is 2.03. The van der Waals surface area contributed by atoms with Crippen LogP contribution in [0, 0.1) is 5.92 Å². The predicted molar refractivity (Wildman–Crippen MR) is 62.6 cm³/mol. The molecule has 0 aliphatic carbocycles. The summed E-state index contributed by atoms with van der Waals surface area (Å²) in [6.45, 7) is 9.83. The largest absolute Gasteiger partial charge is 0.293 e. The molecule has 0 spiro atoms. The van der Waals surface area contributed by atoms with E-state index in [0.717, 1.165) is 5.57 Å². The van der Waals surface area contributed by atoms with Crippen LogP contribution in [-0.2, 0) is 4.79 Å². The fraction of sp³-hybridized carbons (Fsp3) is 0.417. The Bertz CT molecular complexity index is 272. The maximum absolute atomic E-state index is 11.2. The number of rotatable bonds is 5. The number of halogens is 1. The average Bonchev–Trinajstić information content (AvgIpc) is 2.17. The fourth-order valence-electron chi connectivity index (χ4n) is 0.817. The summed E-state index contributed by atoms with van der Waals surface area (Å²) in [6, 6.07) is 0. The van der Waals surface area contributed by atoms with Crippen molar-refractivity contribution >= 4 is 17.4 Å². The van der Waals surface area contributed by atoms with Gasteiger partial charge in [0.15, 0.2) is 5.78 Å². The highest BCUT2D eigenvalue weighted by atomic mass is 35.5. The fourth-order valence-corrected chi connectivity index (χ4v) is 0.971. The lowest BCUT2D eigenvalue weighted by molar-refractivity contribution is -0.113. The number of hydrogen-bond donors (Lipinski definition) is 0. The van der Waals surface area contributed by atoms with Gasteiger partial charge >= 0.3 is 0 Å². The molecule has 2 heteroatoms. The molecular weight excluding hydrogens is 196 g/mol. The highest BCUT2D eigenvalue weighted by molar-refractivity contribution is 6.30. The smallest absolute Gasteiger partial charge is 0.177 e. The van der Waals surface area contributed by atoms with Crippen molar-refractivity contribution in [1.29, 1.82) is 0 Å². The van der Waals surface area contributed by atoms with E-state index in [9.17, 15) is 4.79 Å². The van der Waals surface area contributed by atoms with Gasteiger partial charge in [0.25, 0.3) is 0 Å². The second-order valence-corrected chi connectivity index (χ2v) is 3.63. The Hall–Kier alpha value is -0.820. The maximum Gasteiger partial charge on any atom is 0.177 e. The summed E-state index contributed by atoms with van der Waals surface area (Å²) in [7, 11) is 0. The van der Waals surface area contributed by atoms with Crippen molar-refractivity contribution in [2.45, 2.75) is 20.8 Å². The molecular formula is C12H17ClO. The van der Waals surface area contributed by atoms with Crippen LogP contribution >= 0.6 is 11.6 Å². The molecule has 0 rings (SSSR count). The predicted octanol–water partition coefficient (Wildman–Crippen LogP) is 3.51. The van der Waals surface area contributed by atoms with Crippen LogP contribution in [-0.4, -0.2) is 11.7 Å². The summed E-state index contributed by atoms with van der Waals surface area (Å²) in [5.74, 6) is 0.371. The summed E-state index contributed by atoms with van der Waals surface area (Å²) in [6.07, 6.45) is 5.40. The quantitative estimate of drug-likeness (QED) is 0.387. The van der Waals surface area contributed by atoms with Crippen LogP contribution in [0.15, 0.2) is 36.0 Å². The van der Waals surface area contributed by atoms with E-state index < -0.39 is 0 Å². The zero-order valence-corrected chi connectivity index (χ0v) is 9.77. The molecule has 0 radical (unpaired) electrons. The van der Waals surface area contributed by atoms with E-state index in [1.807, 2.05) is 13.0 Å². The van der Waals surface area contributed by atoms with Crippen LogP contribution < -0.4 is 0 Å². The Labute approximate surface area is 91.1 Å². The Kier molecular flexibility index (Phi) is 6.22. The van der Waals surface area contributed by atoms with Crippen molar-refractivity contribution in [1.82, 2.24) is 0 Å². The number of alkyl halides is 1. The summed E-state index contributed by atoms with van der Waals surface area (Å²) in [4.78, 5) is 11.2. The van der Waals surface area contributed by atoms with Gasteiger partial charge in [0.2, 0.25) is 0 Å². The van der Waals surface area contributed by atoms with E-state index in [1.54, 1.807) is 12.2 Å². The molecule has 14 heavy (non-hydrogen) atoms. The first-order valence-electron chi connectivity index (χ1n) is 4.65. The Balaban J connectivity index is 4.49. The van der Waals surface area contributed by atoms with Crippen molar-refractivity contribution < 1.29 is 4.79 Å². The molecule has 0 aliphatic heterocycles. The number of hydrogen-bond acceptors (Lipinski definition) is 1. The van der Waals surface area contributed by atoms with E-state index >= 15 is 0 Å². The molecule has 0 unspecified atom stereocenters. The van der Waals surface area contributed by atoms with E-state index in [1.165, 1.54) is 0 Å². The van der Waals surface area contributed by atoms with Gasteiger partial charge in [0.1, 0.15) is 0 Å². The minimum absolute atomic E-state index is 0.0260. The van der Waals surface area contributed by atoms with Crippen LogP contribution in [0.5, 0.6) is 0 Å². The SMILES string of the molecule is C=C(/C=C\C(=C/C)C(=O)CCl)C(C)C. The monoisotopic (exact) mass is 212 g/mol. The van der Waals surface area contributed by atoms with Crippen molar-refractivity contribution in [3.8, 4) is 0 Å². The van der Waals surface area contributed by atoms with E-state index in [4.69, 9.17) is 11.6 Å². The highest BCUT2D eigenvalue weighted by Crippen LogP contribution is 2.10. The summed E-state index contributed by atoms with van der Waals surface area (Å²) in [5, 5.41) is 0. The molecule has 0 aromatic heterocycles. The number of carbonyl (C=O) groups excluding carboxylic acids is 1. The molecule has 0 aromatic rings.